The van der Waals surface area contributed by atoms with Crippen LogP contribution in [0.3, 0.4) is 0 Å². The molecule has 0 bridgehead atoms. The maximum Gasteiger partial charge on any atom is 0.274 e. The number of aryl methyl sites for hydroxylation is 1. The SMILES string of the molecule is CCC(C)NC(=O)c1cccc(C(=O)Nc2ccc(C)cc2Br)n1. The van der Waals surface area contributed by atoms with Crippen molar-refractivity contribution in [1.29, 1.82) is 0 Å². The summed E-state index contributed by atoms with van der Waals surface area (Å²) in [5.74, 6) is -0.645. The Bertz CT molecular complexity index is 762. The summed E-state index contributed by atoms with van der Waals surface area (Å²) in [6.07, 6.45) is 0.827. The summed E-state index contributed by atoms with van der Waals surface area (Å²) in [4.78, 5) is 28.7. The van der Waals surface area contributed by atoms with E-state index in [0.29, 0.717) is 5.69 Å². The molecule has 1 heterocycles. The van der Waals surface area contributed by atoms with Crippen molar-refractivity contribution in [2.24, 2.45) is 0 Å². The molecule has 0 fully saturated rings. The van der Waals surface area contributed by atoms with Crippen molar-refractivity contribution in [3.05, 3.63) is 57.8 Å². The minimum Gasteiger partial charge on any atom is -0.348 e. The third-order valence-corrected chi connectivity index (χ3v) is 4.23. The first-order chi connectivity index (χ1) is 11.4. The Balaban J connectivity index is 2.15. The lowest BCUT2D eigenvalue weighted by atomic mass is 10.2. The van der Waals surface area contributed by atoms with E-state index in [1.807, 2.05) is 39.0 Å². The average molecular weight is 390 g/mol. The maximum atomic E-state index is 12.4. The molecule has 2 rings (SSSR count). The fraction of sp³-hybridized carbons (Fsp3) is 0.278. The third-order valence-electron chi connectivity index (χ3n) is 3.58. The first-order valence-electron chi connectivity index (χ1n) is 7.76. The topological polar surface area (TPSA) is 71.1 Å². The van der Waals surface area contributed by atoms with Crippen LogP contribution < -0.4 is 10.6 Å². The van der Waals surface area contributed by atoms with Crippen molar-refractivity contribution < 1.29 is 9.59 Å². The molecule has 5 nitrogen and oxygen atoms in total. The lowest BCUT2D eigenvalue weighted by Crippen LogP contribution is -2.32. The van der Waals surface area contributed by atoms with Crippen molar-refractivity contribution in [3.8, 4) is 0 Å². The molecule has 0 aliphatic carbocycles. The van der Waals surface area contributed by atoms with Crippen LogP contribution in [0, 0.1) is 6.92 Å². The molecule has 126 valence electrons. The number of rotatable bonds is 5. The number of halogens is 1. The summed E-state index contributed by atoms with van der Waals surface area (Å²) in [5, 5.41) is 5.63. The van der Waals surface area contributed by atoms with E-state index < -0.39 is 0 Å². The Morgan fingerprint density at radius 2 is 1.83 bits per heavy atom. The number of hydrogen-bond acceptors (Lipinski definition) is 3. The van der Waals surface area contributed by atoms with E-state index in [1.165, 1.54) is 0 Å². The van der Waals surface area contributed by atoms with Gasteiger partial charge in [0.05, 0.1) is 5.69 Å². The second-order valence-corrected chi connectivity index (χ2v) is 6.48. The van der Waals surface area contributed by atoms with Crippen molar-refractivity contribution in [3.63, 3.8) is 0 Å². The lowest BCUT2D eigenvalue weighted by molar-refractivity contribution is 0.0934. The molecule has 6 heteroatoms. The summed E-state index contributed by atoms with van der Waals surface area (Å²) in [5.41, 5.74) is 2.16. The van der Waals surface area contributed by atoms with Crippen LogP contribution in [0.4, 0.5) is 5.69 Å². The third kappa shape index (κ3) is 4.64. The van der Waals surface area contributed by atoms with Crippen molar-refractivity contribution >= 4 is 33.4 Å². The van der Waals surface area contributed by atoms with Gasteiger partial charge in [0.2, 0.25) is 0 Å². The number of amides is 2. The number of anilines is 1. The van der Waals surface area contributed by atoms with Crippen LogP contribution in [-0.4, -0.2) is 22.8 Å². The molecular weight excluding hydrogens is 370 g/mol. The molecule has 24 heavy (non-hydrogen) atoms. The number of carbonyl (C=O) groups is 2. The molecule has 2 N–H and O–H groups in total. The van der Waals surface area contributed by atoms with Gasteiger partial charge in [-0.1, -0.05) is 19.1 Å². The zero-order chi connectivity index (χ0) is 17.7. The quantitative estimate of drug-likeness (QED) is 0.813. The standard InChI is InChI=1S/C18H20BrN3O2/c1-4-12(3)20-17(23)15-6-5-7-16(21-15)18(24)22-14-9-8-11(2)10-13(14)19/h5-10,12H,4H2,1-3H3,(H,20,23)(H,22,24). The molecule has 1 aromatic heterocycles. The summed E-state index contributed by atoms with van der Waals surface area (Å²) in [7, 11) is 0. The molecule has 1 atom stereocenters. The zero-order valence-electron chi connectivity index (χ0n) is 13.9. The van der Waals surface area contributed by atoms with Crippen molar-refractivity contribution in [2.75, 3.05) is 5.32 Å². The summed E-state index contributed by atoms with van der Waals surface area (Å²) in [6.45, 7) is 5.88. The van der Waals surface area contributed by atoms with Gasteiger partial charge >= 0.3 is 0 Å². The van der Waals surface area contributed by atoms with Gasteiger partial charge in [0.25, 0.3) is 11.8 Å². The monoisotopic (exact) mass is 389 g/mol. The predicted octanol–water partition coefficient (Wildman–Crippen LogP) is 3.93. The van der Waals surface area contributed by atoms with E-state index in [1.54, 1.807) is 18.2 Å². The highest BCUT2D eigenvalue weighted by molar-refractivity contribution is 9.10. The van der Waals surface area contributed by atoms with E-state index in [9.17, 15) is 9.59 Å². The lowest BCUT2D eigenvalue weighted by Gasteiger charge is -2.11. The van der Waals surface area contributed by atoms with Gasteiger partial charge in [0.1, 0.15) is 11.4 Å². The molecule has 1 unspecified atom stereocenters. The molecule has 1 aromatic carbocycles. The summed E-state index contributed by atoms with van der Waals surface area (Å²) in [6, 6.07) is 10.5. The molecule has 0 radical (unpaired) electrons. The largest absolute Gasteiger partial charge is 0.348 e. The van der Waals surface area contributed by atoms with Gasteiger partial charge in [-0.3, -0.25) is 9.59 Å². The first kappa shape index (κ1) is 18.1. The van der Waals surface area contributed by atoms with Crippen LogP contribution in [-0.2, 0) is 0 Å². The van der Waals surface area contributed by atoms with Crippen LogP contribution in [0.25, 0.3) is 0 Å². The van der Waals surface area contributed by atoms with E-state index in [4.69, 9.17) is 0 Å². The first-order valence-corrected chi connectivity index (χ1v) is 8.55. The molecule has 2 amide bonds. The van der Waals surface area contributed by atoms with E-state index >= 15 is 0 Å². The number of pyridine rings is 1. The maximum absolute atomic E-state index is 12.4. The Morgan fingerprint density at radius 3 is 2.46 bits per heavy atom. The number of carbonyl (C=O) groups excluding carboxylic acids is 2. The van der Waals surface area contributed by atoms with Gasteiger partial charge < -0.3 is 10.6 Å². The van der Waals surface area contributed by atoms with Crippen LogP contribution in [0.15, 0.2) is 40.9 Å². The summed E-state index contributed by atoms with van der Waals surface area (Å²) >= 11 is 3.42. The highest BCUT2D eigenvalue weighted by Crippen LogP contribution is 2.23. The molecule has 0 saturated carbocycles. The van der Waals surface area contributed by atoms with E-state index in [-0.39, 0.29) is 29.2 Å². The number of aromatic nitrogens is 1. The molecule has 0 aliphatic rings. The summed E-state index contributed by atoms with van der Waals surface area (Å²) < 4.78 is 0.793. The molecule has 0 saturated heterocycles. The molecular formula is C18H20BrN3O2. The number of nitrogens with one attached hydrogen (secondary N) is 2. The normalized spacial score (nSPS) is 11.7. The van der Waals surface area contributed by atoms with Crippen LogP contribution >= 0.6 is 15.9 Å². The van der Waals surface area contributed by atoms with Gasteiger partial charge in [-0.15, -0.1) is 0 Å². The Labute approximate surface area is 150 Å². The minimum absolute atomic E-state index is 0.0558. The van der Waals surface area contributed by atoms with Gasteiger partial charge in [-0.2, -0.15) is 0 Å². The zero-order valence-corrected chi connectivity index (χ0v) is 15.5. The fourth-order valence-electron chi connectivity index (χ4n) is 2.00. The average Bonchev–Trinajstić information content (AvgIpc) is 2.57. The Kier molecular flexibility index (Phi) is 6.09. The second-order valence-electron chi connectivity index (χ2n) is 5.63. The number of benzene rings is 1. The predicted molar refractivity (Wildman–Crippen MR) is 98.3 cm³/mol. The Hall–Kier alpha value is -2.21. The highest BCUT2D eigenvalue weighted by atomic mass is 79.9. The minimum atomic E-state index is -0.363. The van der Waals surface area contributed by atoms with E-state index in [0.717, 1.165) is 16.5 Å². The highest BCUT2D eigenvalue weighted by Gasteiger charge is 2.14. The van der Waals surface area contributed by atoms with Crippen LogP contribution in [0.1, 0.15) is 46.8 Å². The number of nitrogens with zero attached hydrogens (tertiary/aromatic N) is 1. The second kappa shape index (κ2) is 8.06. The van der Waals surface area contributed by atoms with Gasteiger partial charge in [-0.25, -0.2) is 4.98 Å². The smallest absolute Gasteiger partial charge is 0.274 e. The van der Waals surface area contributed by atoms with Gasteiger partial charge in [0, 0.05) is 10.5 Å². The fourth-order valence-corrected chi connectivity index (χ4v) is 2.59. The van der Waals surface area contributed by atoms with Crippen LogP contribution in [0.2, 0.25) is 0 Å². The molecule has 0 spiro atoms. The van der Waals surface area contributed by atoms with E-state index in [2.05, 4.69) is 31.5 Å². The Morgan fingerprint density at radius 1 is 1.17 bits per heavy atom. The van der Waals surface area contributed by atoms with Gasteiger partial charge in [0.15, 0.2) is 0 Å². The van der Waals surface area contributed by atoms with Crippen LogP contribution in [0.5, 0.6) is 0 Å². The van der Waals surface area contributed by atoms with Crippen molar-refractivity contribution in [2.45, 2.75) is 33.2 Å². The molecule has 0 aliphatic heterocycles. The van der Waals surface area contributed by atoms with Gasteiger partial charge in [-0.05, 0) is 66.0 Å². The number of hydrogen-bond donors (Lipinski definition) is 2. The molecule has 2 aromatic rings. The van der Waals surface area contributed by atoms with Crippen molar-refractivity contribution in [1.82, 2.24) is 10.3 Å².